The highest BCUT2D eigenvalue weighted by Gasteiger charge is 2.28. The number of anilines is 1. The SMILES string of the molecule is CCNc1cc(C(=O)N2CCCC2CC)cc(C)n1. The van der Waals surface area contributed by atoms with Gasteiger partial charge in [0, 0.05) is 30.4 Å². The first kappa shape index (κ1) is 13.8. The Bertz CT molecular complexity index is 459. The summed E-state index contributed by atoms with van der Waals surface area (Å²) in [5.74, 6) is 0.937. The quantitative estimate of drug-likeness (QED) is 0.906. The number of amides is 1. The molecule has 2 heterocycles. The van der Waals surface area contributed by atoms with Gasteiger partial charge in [-0.05, 0) is 45.2 Å². The third-order valence-corrected chi connectivity index (χ3v) is 3.67. The zero-order valence-corrected chi connectivity index (χ0v) is 12.1. The van der Waals surface area contributed by atoms with Crippen LogP contribution in [0.1, 0.15) is 49.2 Å². The van der Waals surface area contributed by atoms with Crippen molar-refractivity contribution in [2.45, 2.75) is 46.1 Å². The molecule has 2 rings (SSSR count). The van der Waals surface area contributed by atoms with Crippen molar-refractivity contribution in [2.24, 2.45) is 0 Å². The standard InChI is InChI=1S/C15H23N3O/c1-4-13-7-6-8-18(13)15(19)12-9-11(3)17-14(10-12)16-5-2/h9-10,13H,4-8H2,1-3H3,(H,16,17). The van der Waals surface area contributed by atoms with Crippen molar-refractivity contribution in [3.63, 3.8) is 0 Å². The van der Waals surface area contributed by atoms with Crippen LogP contribution in [0.2, 0.25) is 0 Å². The smallest absolute Gasteiger partial charge is 0.254 e. The fourth-order valence-electron chi connectivity index (χ4n) is 2.76. The lowest BCUT2D eigenvalue weighted by atomic mass is 10.1. The van der Waals surface area contributed by atoms with Gasteiger partial charge in [0.05, 0.1) is 0 Å². The Hall–Kier alpha value is -1.58. The molecule has 19 heavy (non-hydrogen) atoms. The van der Waals surface area contributed by atoms with Crippen molar-refractivity contribution in [3.05, 3.63) is 23.4 Å². The largest absolute Gasteiger partial charge is 0.370 e. The van der Waals surface area contributed by atoms with Crippen LogP contribution in [-0.4, -0.2) is 34.9 Å². The number of nitrogens with one attached hydrogen (secondary N) is 1. The molecule has 104 valence electrons. The molecule has 1 N–H and O–H groups in total. The lowest BCUT2D eigenvalue weighted by molar-refractivity contribution is 0.0733. The van der Waals surface area contributed by atoms with Gasteiger partial charge in [-0.2, -0.15) is 0 Å². The number of hydrogen-bond acceptors (Lipinski definition) is 3. The molecule has 0 saturated carbocycles. The molecule has 0 aromatic carbocycles. The van der Waals surface area contributed by atoms with Crippen molar-refractivity contribution in [2.75, 3.05) is 18.4 Å². The van der Waals surface area contributed by atoms with Crippen molar-refractivity contribution < 1.29 is 4.79 Å². The van der Waals surface area contributed by atoms with Gasteiger partial charge in [-0.25, -0.2) is 4.98 Å². The van der Waals surface area contributed by atoms with Crippen LogP contribution in [0.25, 0.3) is 0 Å². The molecule has 0 spiro atoms. The van der Waals surface area contributed by atoms with Gasteiger partial charge in [-0.15, -0.1) is 0 Å². The van der Waals surface area contributed by atoms with Gasteiger partial charge in [0.15, 0.2) is 0 Å². The Labute approximate surface area is 115 Å². The average Bonchev–Trinajstić information content (AvgIpc) is 2.85. The molecule has 1 aromatic rings. The lowest BCUT2D eigenvalue weighted by Crippen LogP contribution is -2.35. The molecule has 4 heteroatoms. The predicted molar refractivity (Wildman–Crippen MR) is 77.5 cm³/mol. The summed E-state index contributed by atoms with van der Waals surface area (Å²) in [6.07, 6.45) is 3.29. The number of aromatic nitrogens is 1. The second-order valence-corrected chi connectivity index (χ2v) is 5.12. The molecule has 4 nitrogen and oxygen atoms in total. The summed E-state index contributed by atoms with van der Waals surface area (Å²) in [5, 5.41) is 3.18. The molecule has 1 unspecified atom stereocenters. The van der Waals surface area contributed by atoms with E-state index in [2.05, 4.69) is 17.2 Å². The molecule has 0 bridgehead atoms. The minimum Gasteiger partial charge on any atom is -0.370 e. The van der Waals surface area contributed by atoms with Gasteiger partial charge < -0.3 is 10.2 Å². The Morgan fingerprint density at radius 1 is 1.47 bits per heavy atom. The minimum atomic E-state index is 0.147. The number of rotatable bonds is 4. The van der Waals surface area contributed by atoms with Gasteiger partial charge >= 0.3 is 0 Å². The molecule has 1 amide bonds. The highest BCUT2D eigenvalue weighted by molar-refractivity contribution is 5.95. The Morgan fingerprint density at radius 3 is 2.95 bits per heavy atom. The van der Waals surface area contributed by atoms with E-state index in [0.29, 0.717) is 6.04 Å². The highest BCUT2D eigenvalue weighted by Crippen LogP contribution is 2.23. The summed E-state index contributed by atoms with van der Waals surface area (Å²) >= 11 is 0. The van der Waals surface area contributed by atoms with E-state index in [1.165, 1.54) is 0 Å². The topological polar surface area (TPSA) is 45.2 Å². The molecule has 1 atom stereocenters. The first-order chi connectivity index (χ1) is 9.15. The number of likely N-dealkylation sites (tertiary alicyclic amines) is 1. The van der Waals surface area contributed by atoms with Gasteiger partial charge in [0.1, 0.15) is 5.82 Å². The van der Waals surface area contributed by atoms with E-state index in [1.807, 2.05) is 30.9 Å². The van der Waals surface area contributed by atoms with Crippen molar-refractivity contribution in [1.29, 1.82) is 0 Å². The molecule has 1 aliphatic heterocycles. The minimum absolute atomic E-state index is 0.147. The van der Waals surface area contributed by atoms with Crippen LogP contribution in [0.5, 0.6) is 0 Å². The molecule has 1 saturated heterocycles. The molecule has 1 aliphatic rings. The van der Waals surface area contributed by atoms with E-state index in [9.17, 15) is 4.79 Å². The maximum Gasteiger partial charge on any atom is 0.254 e. The molecular formula is C15H23N3O. The zero-order valence-electron chi connectivity index (χ0n) is 12.1. The molecule has 0 aliphatic carbocycles. The normalized spacial score (nSPS) is 18.7. The predicted octanol–water partition coefficient (Wildman–Crippen LogP) is 2.84. The van der Waals surface area contributed by atoms with Gasteiger partial charge in [0.25, 0.3) is 5.91 Å². The van der Waals surface area contributed by atoms with E-state index in [-0.39, 0.29) is 5.91 Å². The monoisotopic (exact) mass is 261 g/mol. The number of hydrogen-bond donors (Lipinski definition) is 1. The lowest BCUT2D eigenvalue weighted by Gasteiger charge is -2.24. The second kappa shape index (κ2) is 6.04. The maximum atomic E-state index is 12.6. The maximum absolute atomic E-state index is 12.6. The first-order valence-corrected chi connectivity index (χ1v) is 7.19. The van der Waals surface area contributed by atoms with Crippen molar-refractivity contribution >= 4 is 11.7 Å². The summed E-state index contributed by atoms with van der Waals surface area (Å²) in [5.41, 5.74) is 1.64. The average molecular weight is 261 g/mol. The van der Waals surface area contributed by atoms with Gasteiger partial charge in [-0.3, -0.25) is 4.79 Å². The molecular weight excluding hydrogens is 238 g/mol. The Morgan fingerprint density at radius 2 is 2.26 bits per heavy atom. The number of carbonyl (C=O) groups excluding carboxylic acids is 1. The molecule has 1 fully saturated rings. The molecule has 1 aromatic heterocycles. The van der Waals surface area contributed by atoms with Crippen LogP contribution in [0.4, 0.5) is 5.82 Å². The van der Waals surface area contributed by atoms with E-state index in [4.69, 9.17) is 0 Å². The Balaban J connectivity index is 2.23. The third-order valence-electron chi connectivity index (χ3n) is 3.67. The third kappa shape index (κ3) is 3.06. The van der Waals surface area contributed by atoms with Crippen LogP contribution in [0.3, 0.4) is 0 Å². The van der Waals surface area contributed by atoms with Crippen molar-refractivity contribution in [1.82, 2.24) is 9.88 Å². The van der Waals surface area contributed by atoms with E-state index in [0.717, 1.165) is 49.4 Å². The van der Waals surface area contributed by atoms with Crippen LogP contribution in [-0.2, 0) is 0 Å². The Kier molecular flexibility index (Phi) is 4.40. The van der Waals surface area contributed by atoms with Gasteiger partial charge in [0.2, 0.25) is 0 Å². The number of carbonyl (C=O) groups is 1. The van der Waals surface area contributed by atoms with Crippen LogP contribution in [0, 0.1) is 6.92 Å². The van der Waals surface area contributed by atoms with Crippen molar-refractivity contribution in [3.8, 4) is 0 Å². The number of nitrogens with zero attached hydrogens (tertiary/aromatic N) is 2. The van der Waals surface area contributed by atoms with Crippen LogP contribution >= 0.6 is 0 Å². The van der Waals surface area contributed by atoms with Crippen LogP contribution < -0.4 is 5.32 Å². The number of aryl methyl sites for hydroxylation is 1. The second-order valence-electron chi connectivity index (χ2n) is 5.12. The zero-order chi connectivity index (χ0) is 13.8. The summed E-state index contributed by atoms with van der Waals surface area (Å²) in [6.45, 7) is 7.80. The van der Waals surface area contributed by atoms with E-state index >= 15 is 0 Å². The summed E-state index contributed by atoms with van der Waals surface area (Å²) < 4.78 is 0. The summed E-state index contributed by atoms with van der Waals surface area (Å²) in [4.78, 5) is 19.0. The fourth-order valence-corrected chi connectivity index (χ4v) is 2.76. The number of pyridine rings is 1. The fraction of sp³-hybridized carbons (Fsp3) is 0.600. The summed E-state index contributed by atoms with van der Waals surface area (Å²) in [7, 11) is 0. The highest BCUT2D eigenvalue weighted by atomic mass is 16.2. The van der Waals surface area contributed by atoms with E-state index in [1.54, 1.807) is 0 Å². The van der Waals surface area contributed by atoms with Crippen LogP contribution in [0.15, 0.2) is 12.1 Å². The molecule has 0 radical (unpaired) electrons. The van der Waals surface area contributed by atoms with E-state index < -0.39 is 0 Å². The summed E-state index contributed by atoms with van der Waals surface area (Å²) in [6, 6.07) is 4.15. The first-order valence-electron chi connectivity index (χ1n) is 7.19. The van der Waals surface area contributed by atoms with Gasteiger partial charge in [-0.1, -0.05) is 6.92 Å².